The molecule has 0 aromatic carbocycles. The fourth-order valence-electron chi connectivity index (χ4n) is 2.86. The highest BCUT2D eigenvalue weighted by Gasteiger charge is 2.31. The fourth-order valence-corrected chi connectivity index (χ4v) is 2.86. The van der Waals surface area contributed by atoms with Crippen molar-refractivity contribution in [3.05, 3.63) is 12.7 Å². The van der Waals surface area contributed by atoms with Crippen molar-refractivity contribution in [3.63, 3.8) is 0 Å². The number of nitrogens with one attached hydrogen (secondary N) is 1. The normalized spacial score (nSPS) is 22.4. The molecule has 4 nitrogen and oxygen atoms in total. The highest BCUT2D eigenvalue weighted by atomic mass is 16.2. The monoisotopic (exact) mass is 294 g/mol. The lowest BCUT2D eigenvalue weighted by molar-refractivity contribution is -0.129. The second-order valence-electron chi connectivity index (χ2n) is 5.98. The van der Waals surface area contributed by atoms with Gasteiger partial charge in [0.25, 0.3) is 0 Å². The smallest absolute Gasteiger partial charge is 0.237 e. The number of amides is 1. The molecule has 0 aliphatic carbocycles. The van der Waals surface area contributed by atoms with Crippen LogP contribution in [-0.4, -0.2) is 24.3 Å². The van der Waals surface area contributed by atoms with Gasteiger partial charge in [-0.05, 0) is 32.1 Å². The molecule has 1 fully saturated rings. The molecule has 0 saturated carbocycles. The molecule has 0 spiro atoms. The lowest BCUT2D eigenvalue weighted by Crippen LogP contribution is -2.45. The quantitative estimate of drug-likeness (QED) is 0.480. The van der Waals surface area contributed by atoms with Gasteiger partial charge in [0.05, 0.1) is 6.04 Å². The van der Waals surface area contributed by atoms with Crippen LogP contribution in [0.25, 0.3) is 0 Å². The van der Waals surface area contributed by atoms with Crippen LogP contribution >= 0.6 is 0 Å². The van der Waals surface area contributed by atoms with Gasteiger partial charge in [-0.25, -0.2) is 0 Å². The van der Waals surface area contributed by atoms with Gasteiger partial charge in [0.1, 0.15) is 5.78 Å². The number of carbonyl (C=O) groups is 2. The Hall–Kier alpha value is -1.16. The minimum Gasteiger partial charge on any atom is -0.355 e. The van der Waals surface area contributed by atoms with Crippen LogP contribution in [0.5, 0.6) is 0 Å². The summed E-state index contributed by atoms with van der Waals surface area (Å²) in [5, 5.41) is 2.76. The van der Waals surface area contributed by atoms with Gasteiger partial charge in [0, 0.05) is 18.9 Å². The van der Waals surface area contributed by atoms with E-state index in [1.165, 1.54) is 25.7 Å². The third kappa shape index (κ3) is 6.89. The standard InChI is InChI=1S/C17H30N2O2/c1-2-3-4-5-6-7-8-9-12-15(20)14-11-10-13-19-17(21)16(14)18/h2,14,16H,1,3-13,18H2,(H,19,21). The van der Waals surface area contributed by atoms with Crippen LogP contribution in [-0.2, 0) is 9.59 Å². The predicted octanol–water partition coefficient (Wildman–Crippen LogP) is 2.72. The first kappa shape index (κ1) is 17.9. The molecule has 3 N–H and O–H groups in total. The van der Waals surface area contributed by atoms with E-state index in [0.717, 1.165) is 32.1 Å². The Morgan fingerprint density at radius 1 is 1.24 bits per heavy atom. The van der Waals surface area contributed by atoms with Crippen molar-refractivity contribution >= 4 is 11.7 Å². The third-order valence-electron chi connectivity index (χ3n) is 4.22. The average molecular weight is 294 g/mol. The number of rotatable bonds is 10. The first-order valence-corrected chi connectivity index (χ1v) is 8.33. The maximum atomic E-state index is 12.2. The molecule has 2 unspecified atom stereocenters. The number of allylic oxidation sites excluding steroid dienone is 1. The van der Waals surface area contributed by atoms with E-state index in [4.69, 9.17) is 5.73 Å². The third-order valence-corrected chi connectivity index (χ3v) is 4.22. The minimum absolute atomic E-state index is 0.172. The SMILES string of the molecule is C=CCCCCCCCCC(=O)C1CCCNC(=O)C1N. The van der Waals surface area contributed by atoms with Crippen LogP contribution in [0.15, 0.2) is 12.7 Å². The van der Waals surface area contributed by atoms with Crippen LogP contribution in [0, 0.1) is 5.92 Å². The van der Waals surface area contributed by atoms with Gasteiger partial charge in [-0.1, -0.05) is 31.8 Å². The first-order valence-electron chi connectivity index (χ1n) is 8.33. The van der Waals surface area contributed by atoms with Crippen molar-refractivity contribution in [2.45, 2.75) is 70.3 Å². The molecule has 0 bridgehead atoms. The zero-order valence-electron chi connectivity index (χ0n) is 13.1. The van der Waals surface area contributed by atoms with Gasteiger partial charge in [-0.2, -0.15) is 0 Å². The summed E-state index contributed by atoms with van der Waals surface area (Å²) < 4.78 is 0. The van der Waals surface area contributed by atoms with Gasteiger partial charge in [-0.15, -0.1) is 6.58 Å². The molecule has 1 aliphatic heterocycles. The molecule has 1 rings (SSSR count). The summed E-state index contributed by atoms with van der Waals surface area (Å²) in [5.41, 5.74) is 5.88. The number of unbranched alkanes of at least 4 members (excludes halogenated alkanes) is 6. The molecule has 1 aliphatic rings. The lowest BCUT2D eigenvalue weighted by atomic mass is 9.89. The maximum Gasteiger partial charge on any atom is 0.237 e. The van der Waals surface area contributed by atoms with E-state index in [-0.39, 0.29) is 17.6 Å². The van der Waals surface area contributed by atoms with Crippen LogP contribution in [0.1, 0.15) is 64.2 Å². The molecular weight excluding hydrogens is 264 g/mol. The Labute approximate surface area is 128 Å². The summed E-state index contributed by atoms with van der Waals surface area (Å²) in [4.78, 5) is 23.8. The summed E-state index contributed by atoms with van der Waals surface area (Å²) in [6.07, 6.45) is 12.1. The Bertz CT molecular complexity index is 342. The zero-order chi connectivity index (χ0) is 15.5. The Kier molecular flexibility index (Phi) is 8.99. The molecule has 0 radical (unpaired) electrons. The lowest BCUT2D eigenvalue weighted by Gasteiger charge is -2.18. The summed E-state index contributed by atoms with van der Waals surface area (Å²) in [7, 11) is 0. The fraction of sp³-hybridized carbons (Fsp3) is 0.765. The van der Waals surface area contributed by atoms with E-state index in [1.54, 1.807) is 0 Å². The molecule has 2 atom stereocenters. The second kappa shape index (κ2) is 10.6. The van der Waals surface area contributed by atoms with E-state index in [0.29, 0.717) is 13.0 Å². The number of hydrogen-bond acceptors (Lipinski definition) is 3. The summed E-state index contributed by atoms with van der Waals surface area (Å²) in [6, 6.07) is -0.654. The molecule has 21 heavy (non-hydrogen) atoms. The Morgan fingerprint density at radius 3 is 2.62 bits per heavy atom. The van der Waals surface area contributed by atoms with Crippen molar-refractivity contribution in [2.24, 2.45) is 11.7 Å². The number of hydrogen-bond donors (Lipinski definition) is 2. The van der Waals surface area contributed by atoms with Gasteiger partial charge < -0.3 is 11.1 Å². The van der Waals surface area contributed by atoms with Crippen molar-refractivity contribution in [3.8, 4) is 0 Å². The predicted molar refractivity (Wildman–Crippen MR) is 85.8 cm³/mol. The van der Waals surface area contributed by atoms with Gasteiger partial charge >= 0.3 is 0 Å². The van der Waals surface area contributed by atoms with E-state index in [1.807, 2.05) is 6.08 Å². The molecule has 1 amide bonds. The van der Waals surface area contributed by atoms with Crippen LogP contribution < -0.4 is 11.1 Å². The molecule has 1 saturated heterocycles. The first-order chi connectivity index (χ1) is 10.2. The van der Waals surface area contributed by atoms with E-state index in [9.17, 15) is 9.59 Å². The topological polar surface area (TPSA) is 72.2 Å². The maximum absolute atomic E-state index is 12.2. The van der Waals surface area contributed by atoms with Crippen molar-refractivity contribution < 1.29 is 9.59 Å². The van der Waals surface area contributed by atoms with Gasteiger partial charge in [-0.3, -0.25) is 9.59 Å². The highest BCUT2D eigenvalue weighted by Crippen LogP contribution is 2.18. The molecule has 4 heteroatoms. The van der Waals surface area contributed by atoms with Crippen molar-refractivity contribution in [1.82, 2.24) is 5.32 Å². The Balaban J connectivity index is 2.15. The number of carbonyl (C=O) groups excluding carboxylic acids is 2. The second-order valence-corrected chi connectivity index (χ2v) is 5.98. The van der Waals surface area contributed by atoms with Crippen LogP contribution in [0.2, 0.25) is 0 Å². The van der Waals surface area contributed by atoms with E-state index in [2.05, 4.69) is 11.9 Å². The summed E-state index contributed by atoms with van der Waals surface area (Å²) >= 11 is 0. The van der Waals surface area contributed by atoms with Gasteiger partial charge in [0.15, 0.2) is 0 Å². The van der Waals surface area contributed by atoms with Crippen molar-refractivity contribution in [2.75, 3.05) is 6.54 Å². The van der Waals surface area contributed by atoms with Crippen LogP contribution in [0.4, 0.5) is 0 Å². The summed E-state index contributed by atoms with van der Waals surface area (Å²) in [6.45, 7) is 4.35. The molecule has 120 valence electrons. The van der Waals surface area contributed by atoms with Crippen LogP contribution in [0.3, 0.4) is 0 Å². The van der Waals surface area contributed by atoms with E-state index < -0.39 is 6.04 Å². The Morgan fingerprint density at radius 2 is 1.90 bits per heavy atom. The average Bonchev–Trinajstić information content (AvgIpc) is 2.64. The molecule has 0 aromatic rings. The highest BCUT2D eigenvalue weighted by molar-refractivity contribution is 5.91. The van der Waals surface area contributed by atoms with E-state index >= 15 is 0 Å². The number of Topliss-reactive ketones (excluding diaryl/α,β-unsaturated/α-hetero) is 1. The molecule has 0 aromatic heterocycles. The van der Waals surface area contributed by atoms with Gasteiger partial charge in [0.2, 0.25) is 5.91 Å². The molecular formula is C17H30N2O2. The zero-order valence-corrected chi connectivity index (χ0v) is 13.1. The largest absolute Gasteiger partial charge is 0.355 e. The number of ketones is 1. The molecule has 1 heterocycles. The summed E-state index contributed by atoms with van der Waals surface area (Å²) in [5.74, 6) is -0.278. The van der Waals surface area contributed by atoms with Crippen molar-refractivity contribution in [1.29, 1.82) is 0 Å². The number of nitrogens with two attached hydrogens (primary N) is 1. The minimum atomic E-state index is -0.654.